The van der Waals surface area contributed by atoms with Gasteiger partial charge in [-0.05, 0) is 19.3 Å². The van der Waals surface area contributed by atoms with Gasteiger partial charge in [0.1, 0.15) is 0 Å². The van der Waals surface area contributed by atoms with Crippen molar-refractivity contribution in [3.05, 3.63) is 0 Å². The molecule has 0 aromatic heterocycles. The summed E-state index contributed by atoms with van der Waals surface area (Å²) in [7, 11) is 1.61. The molecule has 2 atom stereocenters. The number of carboxylic acid groups (broad SMARTS) is 1. The summed E-state index contributed by atoms with van der Waals surface area (Å²) in [5, 5.41) is 9.08. The van der Waals surface area contributed by atoms with Gasteiger partial charge in [0.25, 0.3) is 0 Å². The highest BCUT2D eigenvalue weighted by Crippen LogP contribution is 2.30. The summed E-state index contributed by atoms with van der Waals surface area (Å²) in [5.74, 6) is -0.624. The largest absolute Gasteiger partial charge is 0.481 e. The lowest BCUT2D eigenvalue weighted by Gasteiger charge is -2.21. The first-order chi connectivity index (χ1) is 7.89. The second-order valence-electron chi connectivity index (χ2n) is 5.20. The van der Waals surface area contributed by atoms with E-state index in [1.54, 1.807) is 18.9 Å². The minimum Gasteiger partial charge on any atom is -0.481 e. The highest BCUT2D eigenvalue weighted by atomic mass is 16.5. The summed E-state index contributed by atoms with van der Waals surface area (Å²) in [5.41, 5.74) is -0.778. The third-order valence-corrected chi connectivity index (χ3v) is 3.32. The maximum absolute atomic E-state index is 11.9. The van der Waals surface area contributed by atoms with Crippen molar-refractivity contribution < 1.29 is 19.4 Å². The van der Waals surface area contributed by atoms with Crippen molar-refractivity contribution in [3.8, 4) is 0 Å². The van der Waals surface area contributed by atoms with Crippen molar-refractivity contribution in [1.82, 2.24) is 4.90 Å². The zero-order valence-corrected chi connectivity index (χ0v) is 10.7. The Bertz CT molecular complexity index is 305. The summed E-state index contributed by atoms with van der Waals surface area (Å²) in [4.78, 5) is 24.6. The van der Waals surface area contributed by atoms with Gasteiger partial charge in [-0.2, -0.15) is 0 Å². The Labute approximate surface area is 102 Å². The molecule has 0 spiro atoms. The average Bonchev–Trinajstić information content (AvgIpc) is 2.62. The summed E-state index contributed by atoms with van der Waals surface area (Å²) in [6.07, 6.45) is 0.955. The zero-order valence-electron chi connectivity index (χ0n) is 10.7. The van der Waals surface area contributed by atoms with Crippen molar-refractivity contribution in [3.63, 3.8) is 0 Å². The summed E-state index contributed by atoms with van der Waals surface area (Å²) in [6, 6.07) is 0. The van der Waals surface area contributed by atoms with Crippen molar-refractivity contribution in [2.75, 3.05) is 26.8 Å². The fourth-order valence-electron chi connectivity index (χ4n) is 2.12. The molecule has 1 amide bonds. The molecular weight excluding hydrogens is 222 g/mol. The molecule has 0 saturated carbocycles. The normalized spacial score (nSPS) is 25.9. The number of carbonyl (C=O) groups is 2. The molecular formula is C12H21NO4. The lowest BCUT2D eigenvalue weighted by atomic mass is 9.90. The molecule has 5 heteroatoms. The summed E-state index contributed by atoms with van der Waals surface area (Å²) in [6.45, 7) is 5.06. The van der Waals surface area contributed by atoms with E-state index in [1.807, 2.05) is 6.92 Å². The molecule has 1 rings (SSSR count). The number of likely N-dealkylation sites (tertiary alicyclic amines) is 1. The first-order valence-electron chi connectivity index (χ1n) is 5.89. The summed E-state index contributed by atoms with van der Waals surface area (Å²) >= 11 is 0. The van der Waals surface area contributed by atoms with E-state index in [0.717, 1.165) is 0 Å². The van der Waals surface area contributed by atoms with Gasteiger partial charge < -0.3 is 14.7 Å². The van der Waals surface area contributed by atoms with Crippen LogP contribution in [0, 0.1) is 11.3 Å². The Balaban J connectivity index is 2.48. The molecule has 0 bridgehead atoms. The van der Waals surface area contributed by atoms with E-state index in [9.17, 15) is 9.59 Å². The number of rotatable bonds is 5. The van der Waals surface area contributed by atoms with E-state index in [1.165, 1.54) is 0 Å². The van der Waals surface area contributed by atoms with E-state index in [2.05, 4.69) is 0 Å². The number of carbonyl (C=O) groups excluding carboxylic acids is 1. The average molecular weight is 243 g/mol. The van der Waals surface area contributed by atoms with Gasteiger partial charge in [0, 0.05) is 33.2 Å². The van der Waals surface area contributed by atoms with Crippen LogP contribution in [0.1, 0.15) is 26.7 Å². The second-order valence-corrected chi connectivity index (χ2v) is 5.20. The minimum absolute atomic E-state index is 0.0273. The van der Waals surface area contributed by atoms with E-state index < -0.39 is 11.4 Å². The van der Waals surface area contributed by atoms with Crippen molar-refractivity contribution >= 4 is 11.9 Å². The molecule has 1 aliphatic heterocycles. The van der Waals surface area contributed by atoms with Crippen LogP contribution in [0.25, 0.3) is 0 Å². The molecule has 1 N–H and O–H groups in total. The van der Waals surface area contributed by atoms with Crippen LogP contribution in [0.3, 0.4) is 0 Å². The smallest absolute Gasteiger partial charge is 0.311 e. The molecule has 2 unspecified atom stereocenters. The minimum atomic E-state index is -0.822. The molecule has 1 saturated heterocycles. The molecule has 0 radical (unpaired) electrons. The number of amides is 1. The molecule has 1 aliphatic rings. The van der Waals surface area contributed by atoms with Crippen molar-refractivity contribution in [2.45, 2.75) is 26.7 Å². The third kappa shape index (κ3) is 3.43. The second kappa shape index (κ2) is 5.49. The van der Waals surface area contributed by atoms with Gasteiger partial charge in [-0.1, -0.05) is 6.92 Å². The molecule has 0 aromatic rings. The van der Waals surface area contributed by atoms with Crippen molar-refractivity contribution in [1.29, 1.82) is 0 Å². The molecule has 98 valence electrons. The maximum atomic E-state index is 11.9. The van der Waals surface area contributed by atoms with E-state index in [0.29, 0.717) is 32.5 Å². The topological polar surface area (TPSA) is 66.8 Å². The Hall–Kier alpha value is -1.10. The number of hydrogen-bond acceptors (Lipinski definition) is 3. The SMILES string of the molecule is COCC(C)CC(=O)N1CCC(C)(C(=O)O)C1. The Kier molecular flexibility index (Phi) is 4.51. The van der Waals surface area contributed by atoms with Gasteiger partial charge in [0.05, 0.1) is 5.41 Å². The van der Waals surface area contributed by atoms with E-state index in [-0.39, 0.29) is 11.8 Å². The third-order valence-electron chi connectivity index (χ3n) is 3.32. The molecule has 5 nitrogen and oxygen atoms in total. The Morgan fingerprint density at radius 1 is 1.53 bits per heavy atom. The van der Waals surface area contributed by atoms with Crippen LogP contribution in [0.2, 0.25) is 0 Å². The Morgan fingerprint density at radius 2 is 2.18 bits per heavy atom. The summed E-state index contributed by atoms with van der Waals surface area (Å²) < 4.78 is 4.98. The van der Waals surface area contributed by atoms with Crippen LogP contribution in [0.15, 0.2) is 0 Å². The number of methoxy groups -OCH3 is 1. The fourth-order valence-corrected chi connectivity index (χ4v) is 2.12. The van der Waals surface area contributed by atoms with Gasteiger partial charge in [0.2, 0.25) is 5.91 Å². The van der Waals surface area contributed by atoms with E-state index in [4.69, 9.17) is 9.84 Å². The fraction of sp³-hybridized carbons (Fsp3) is 0.833. The quantitative estimate of drug-likeness (QED) is 0.781. The van der Waals surface area contributed by atoms with Crippen LogP contribution >= 0.6 is 0 Å². The maximum Gasteiger partial charge on any atom is 0.311 e. The first kappa shape index (κ1) is 14.0. The lowest BCUT2D eigenvalue weighted by Crippen LogP contribution is -2.35. The highest BCUT2D eigenvalue weighted by molar-refractivity contribution is 5.80. The van der Waals surface area contributed by atoms with Gasteiger partial charge >= 0.3 is 5.97 Å². The number of nitrogens with zero attached hydrogens (tertiary/aromatic N) is 1. The molecule has 1 heterocycles. The molecule has 0 aromatic carbocycles. The molecule has 17 heavy (non-hydrogen) atoms. The predicted octanol–water partition coefficient (Wildman–Crippen LogP) is 0.982. The number of aliphatic carboxylic acids is 1. The zero-order chi connectivity index (χ0) is 13.1. The number of ether oxygens (including phenoxy) is 1. The monoisotopic (exact) mass is 243 g/mol. The van der Waals surface area contributed by atoms with Crippen LogP contribution < -0.4 is 0 Å². The highest BCUT2D eigenvalue weighted by Gasteiger charge is 2.42. The van der Waals surface area contributed by atoms with Crippen molar-refractivity contribution in [2.24, 2.45) is 11.3 Å². The van der Waals surface area contributed by atoms with E-state index >= 15 is 0 Å². The van der Waals surface area contributed by atoms with Crippen LogP contribution in [0.5, 0.6) is 0 Å². The standard InChI is InChI=1S/C12H21NO4/c1-9(7-17-3)6-10(14)13-5-4-12(2,8-13)11(15)16/h9H,4-8H2,1-3H3,(H,15,16). The van der Waals surface area contributed by atoms with Gasteiger partial charge in [-0.3, -0.25) is 9.59 Å². The van der Waals surface area contributed by atoms with Gasteiger partial charge in [0.15, 0.2) is 0 Å². The molecule has 1 fully saturated rings. The van der Waals surface area contributed by atoms with Gasteiger partial charge in [-0.15, -0.1) is 0 Å². The predicted molar refractivity (Wildman–Crippen MR) is 62.6 cm³/mol. The van der Waals surface area contributed by atoms with Crippen LogP contribution in [-0.4, -0.2) is 48.7 Å². The molecule has 0 aliphatic carbocycles. The van der Waals surface area contributed by atoms with Gasteiger partial charge in [-0.25, -0.2) is 0 Å². The number of hydrogen-bond donors (Lipinski definition) is 1. The Morgan fingerprint density at radius 3 is 2.65 bits per heavy atom. The number of carboxylic acids is 1. The lowest BCUT2D eigenvalue weighted by molar-refractivity contribution is -0.147. The first-order valence-corrected chi connectivity index (χ1v) is 5.89. The van der Waals surface area contributed by atoms with Crippen LogP contribution in [-0.2, 0) is 14.3 Å². The van der Waals surface area contributed by atoms with Crippen LogP contribution in [0.4, 0.5) is 0 Å².